The first kappa shape index (κ1) is 10.2. The summed E-state index contributed by atoms with van der Waals surface area (Å²) in [7, 11) is 0. The fourth-order valence-corrected chi connectivity index (χ4v) is 3.14. The van der Waals surface area contributed by atoms with Gasteiger partial charge in [0, 0.05) is 28.7 Å². The van der Waals surface area contributed by atoms with Crippen LogP contribution in [0, 0.1) is 0 Å². The molecule has 0 spiro atoms. The molecule has 0 aromatic carbocycles. The molecule has 0 atom stereocenters. The summed E-state index contributed by atoms with van der Waals surface area (Å²) in [6, 6.07) is 4.00. The first-order valence-electron chi connectivity index (χ1n) is 5.94. The predicted molar refractivity (Wildman–Crippen MR) is 72.3 cm³/mol. The van der Waals surface area contributed by atoms with Gasteiger partial charge in [-0.3, -0.25) is 0 Å². The molecular weight excluding hydrogens is 244 g/mol. The Morgan fingerprint density at radius 1 is 1.39 bits per heavy atom. The summed E-state index contributed by atoms with van der Waals surface area (Å²) in [5, 5.41) is 4.24. The van der Waals surface area contributed by atoms with E-state index in [9.17, 15) is 0 Å². The van der Waals surface area contributed by atoms with Gasteiger partial charge in [0.05, 0.1) is 11.2 Å². The van der Waals surface area contributed by atoms with E-state index in [2.05, 4.69) is 26.4 Å². The van der Waals surface area contributed by atoms with E-state index in [4.69, 9.17) is 5.73 Å². The lowest BCUT2D eigenvalue weighted by atomic mass is 10.2. The van der Waals surface area contributed by atoms with Gasteiger partial charge in [-0.05, 0) is 25.0 Å². The van der Waals surface area contributed by atoms with Crippen LogP contribution < -0.4 is 5.73 Å². The van der Waals surface area contributed by atoms with E-state index in [1.54, 1.807) is 17.5 Å². The maximum atomic E-state index is 6.17. The van der Waals surface area contributed by atoms with Crippen LogP contribution in [0.1, 0.15) is 17.8 Å². The van der Waals surface area contributed by atoms with Gasteiger partial charge in [0.25, 0.3) is 0 Å². The third-order valence-corrected chi connectivity index (χ3v) is 4.51. The first-order chi connectivity index (χ1) is 8.76. The van der Waals surface area contributed by atoms with Crippen molar-refractivity contribution in [3.63, 3.8) is 0 Å². The molecule has 0 bridgehead atoms. The van der Waals surface area contributed by atoms with Gasteiger partial charge in [-0.2, -0.15) is 0 Å². The number of thiazole rings is 1. The van der Waals surface area contributed by atoms with Crippen LogP contribution in [0.3, 0.4) is 0 Å². The summed E-state index contributed by atoms with van der Waals surface area (Å²) in [5.41, 5.74) is 9.02. The molecule has 1 aliphatic carbocycles. The van der Waals surface area contributed by atoms with Gasteiger partial charge in [-0.25, -0.2) is 9.97 Å². The normalized spacial score (nSPS) is 17.2. The Balaban J connectivity index is 1.85. The smallest absolute Gasteiger partial charge is 0.137 e. The van der Waals surface area contributed by atoms with E-state index in [0.717, 1.165) is 40.1 Å². The summed E-state index contributed by atoms with van der Waals surface area (Å²) in [5.74, 6) is 0. The van der Waals surface area contributed by atoms with Crippen molar-refractivity contribution in [2.45, 2.75) is 18.4 Å². The Hall–Kier alpha value is -1.72. The third-order valence-electron chi connectivity index (χ3n) is 3.45. The lowest BCUT2D eigenvalue weighted by molar-refractivity contribution is 0.732. The molecule has 18 heavy (non-hydrogen) atoms. The second-order valence-corrected chi connectivity index (χ2v) is 5.65. The Labute approximate surface area is 108 Å². The van der Waals surface area contributed by atoms with Crippen LogP contribution in [-0.2, 0) is 5.54 Å². The average Bonchev–Trinajstić information content (AvgIpc) is 2.86. The van der Waals surface area contributed by atoms with Crippen LogP contribution >= 0.6 is 11.3 Å². The lowest BCUT2D eigenvalue weighted by Crippen LogP contribution is -2.18. The topological polar surface area (TPSA) is 67.6 Å². The molecule has 90 valence electrons. The zero-order valence-corrected chi connectivity index (χ0v) is 10.5. The highest BCUT2D eigenvalue weighted by atomic mass is 32.1. The molecule has 1 aliphatic rings. The first-order valence-corrected chi connectivity index (χ1v) is 6.82. The van der Waals surface area contributed by atoms with Gasteiger partial charge in [-0.15, -0.1) is 11.3 Å². The minimum Gasteiger partial charge on any atom is -0.345 e. The number of nitrogens with zero attached hydrogens (tertiary/aromatic N) is 2. The number of pyridine rings is 1. The Bertz CT molecular complexity index is 723. The maximum absolute atomic E-state index is 6.17. The number of nitrogens with one attached hydrogen (secondary N) is 1. The molecule has 4 nitrogen and oxygen atoms in total. The number of H-pyrrole nitrogens is 1. The van der Waals surface area contributed by atoms with E-state index in [-0.39, 0.29) is 5.54 Å². The van der Waals surface area contributed by atoms with Gasteiger partial charge >= 0.3 is 0 Å². The second-order valence-electron chi connectivity index (χ2n) is 4.80. The van der Waals surface area contributed by atoms with Crippen LogP contribution in [-0.4, -0.2) is 15.0 Å². The van der Waals surface area contributed by atoms with E-state index in [0.29, 0.717) is 0 Å². The Morgan fingerprint density at radius 2 is 2.28 bits per heavy atom. The molecule has 3 N–H and O–H groups in total. The number of hydrogen-bond acceptors (Lipinski definition) is 4. The molecule has 0 saturated heterocycles. The molecule has 3 aromatic rings. The van der Waals surface area contributed by atoms with Crippen molar-refractivity contribution < 1.29 is 0 Å². The molecule has 1 saturated carbocycles. The number of hydrogen-bond donors (Lipinski definition) is 2. The van der Waals surface area contributed by atoms with E-state index >= 15 is 0 Å². The molecule has 1 fully saturated rings. The number of aromatic nitrogens is 3. The number of fused-ring (bicyclic) bond motifs is 1. The quantitative estimate of drug-likeness (QED) is 0.740. The van der Waals surface area contributed by atoms with Crippen molar-refractivity contribution >= 4 is 22.4 Å². The van der Waals surface area contributed by atoms with Crippen molar-refractivity contribution in [1.29, 1.82) is 0 Å². The molecule has 0 aliphatic heterocycles. The minimum atomic E-state index is -0.146. The van der Waals surface area contributed by atoms with Crippen molar-refractivity contribution in [2.24, 2.45) is 5.73 Å². The molecule has 3 aromatic heterocycles. The van der Waals surface area contributed by atoms with E-state index < -0.39 is 0 Å². The van der Waals surface area contributed by atoms with Crippen molar-refractivity contribution in [3.8, 4) is 11.3 Å². The Kier molecular flexibility index (Phi) is 1.93. The highest BCUT2D eigenvalue weighted by molar-refractivity contribution is 7.10. The third kappa shape index (κ3) is 1.41. The molecule has 0 amide bonds. The van der Waals surface area contributed by atoms with Crippen LogP contribution in [0.15, 0.2) is 29.9 Å². The van der Waals surface area contributed by atoms with Gasteiger partial charge in [0.2, 0.25) is 0 Å². The number of rotatable bonds is 2. The van der Waals surface area contributed by atoms with Crippen LogP contribution in [0.5, 0.6) is 0 Å². The van der Waals surface area contributed by atoms with Gasteiger partial charge in [0.15, 0.2) is 0 Å². The largest absolute Gasteiger partial charge is 0.345 e. The lowest BCUT2D eigenvalue weighted by Gasteiger charge is -2.01. The molecule has 5 heteroatoms. The summed E-state index contributed by atoms with van der Waals surface area (Å²) in [6.45, 7) is 0. The van der Waals surface area contributed by atoms with Crippen LogP contribution in [0.4, 0.5) is 0 Å². The molecule has 4 rings (SSSR count). The number of aromatic amines is 1. The predicted octanol–water partition coefficient (Wildman–Crippen LogP) is 2.63. The highest BCUT2D eigenvalue weighted by Crippen LogP contribution is 2.45. The van der Waals surface area contributed by atoms with Crippen molar-refractivity contribution in [1.82, 2.24) is 15.0 Å². The van der Waals surface area contributed by atoms with E-state index in [1.165, 1.54) is 0 Å². The van der Waals surface area contributed by atoms with Crippen molar-refractivity contribution in [3.05, 3.63) is 34.9 Å². The minimum absolute atomic E-state index is 0.146. The molecule has 0 radical (unpaired) electrons. The second kappa shape index (κ2) is 3.40. The molecular formula is C13H12N4S. The van der Waals surface area contributed by atoms with Gasteiger partial charge < -0.3 is 10.7 Å². The zero-order valence-electron chi connectivity index (χ0n) is 9.68. The maximum Gasteiger partial charge on any atom is 0.137 e. The summed E-state index contributed by atoms with van der Waals surface area (Å²) in [6.07, 6.45) is 5.85. The number of nitrogens with two attached hydrogens (primary N) is 1. The fraction of sp³-hybridized carbons (Fsp3) is 0.231. The van der Waals surface area contributed by atoms with Crippen LogP contribution in [0.2, 0.25) is 0 Å². The van der Waals surface area contributed by atoms with Crippen LogP contribution in [0.25, 0.3) is 22.3 Å². The Morgan fingerprint density at radius 3 is 3.11 bits per heavy atom. The van der Waals surface area contributed by atoms with E-state index in [1.807, 2.05) is 12.3 Å². The monoisotopic (exact) mass is 256 g/mol. The highest BCUT2D eigenvalue weighted by Gasteiger charge is 2.42. The fourth-order valence-electron chi connectivity index (χ4n) is 2.14. The zero-order chi connectivity index (χ0) is 12.2. The summed E-state index contributed by atoms with van der Waals surface area (Å²) in [4.78, 5) is 12.1. The summed E-state index contributed by atoms with van der Waals surface area (Å²) < 4.78 is 0. The average molecular weight is 256 g/mol. The molecule has 3 heterocycles. The summed E-state index contributed by atoms with van der Waals surface area (Å²) >= 11 is 1.66. The molecule has 0 unspecified atom stereocenters. The van der Waals surface area contributed by atoms with Gasteiger partial charge in [0.1, 0.15) is 10.7 Å². The standard InChI is InChI=1S/C13H12N4S/c14-13(3-4-13)12-17-10(7-18-12)9-6-16-11-8(9)2-1-5-15-11/h1-2,5-7H,3-4,14H2,(H,15,16). The van der Waals surface area contributed by atoms with Gasteiger partial charge in [-0.1, -0.05) is 0 Å². The van der Waals surface area contributed by atoms with Crippen molar-refractivity contribution in [2.75, 3.05) is 0 Å². The SMILES string of the molecule is NC1(c2nc(-c3c[nH]c4ncccc34)cs2)CC1.